The number of ether oxygens (including phenoxy) is 1. The van der Waals surface area contributed by atoms with Gasteiger partial charge in [-0.3, -0.25) is 4.90 Å². The highest BCUT2D eigenvalue weighted by Crippen LogP contribution is 2.52. The molecule has 160 valence electrons. The van der Waals surface area contributed by atoms with Crippen LogP contribution in [0.2, 0.25) is 0 Å². The monoisotopic (exact) mass is 411 g/mol. The highest BCUT2D eigenvalue weighted by molar-refractivity contribution is 5.91. The highest BCUT2D eigenvalue weighted by atomic mass is 19.4. The van der Waals surface area contributed by atoms with Crippen molar-refractivity contribution < 1.29 is 22.7 Å². The van der Waals surface area contributed by atoms with Crippen molar-refractivity contribution in [1.29, 1.82) is 0 Å². The third kappa shape index (κ3) is 4.53. The van der Waals surface area contributed by atoms with Crippen molar-refractivity contribution in [3.8, 4) is 0 Å². The number of hydrogen-bond donors (Lipinski definition) is 0. The van der Waals surface area contributed by atoms with Gasteiger partial charge in [0.25, 0.3) is 0 Å². The molecular weight excluding hydrogens is 383 g/mol. The first kappa shape index (κ1) is 20.5. The zero-order valence-corrected chi connectivity index (χ0v) is 16.7. The highest BCUT2D eigenvalue weighted by Gasteiger charge is 2.56. The number of halogens is 3. The van der Waals surface area contributed by atoms with E-state index in [1.165, 1.54) is 50.0 Å². The van der Waals surface area contributed by atoms with Crippen LogP contribution < -0.4 is 4.90 Å². The molecule has 3 aliphatic rings. The Morgan fingerprint density at radius 1 is 1.21 bits per heavy atom. The largest absolute Gasteiger partial charge is 0.416 e. The van der Waals surface area contributed by atoms with Gasteiger partial charge in [-0.05, 0) is 61.9 Å². The molecule has 2 atom stereocenters. The van der Waals surface area contributed by atoms with Crippen molar-refractivity contribution in [3.05, 3.63) is 29.8 Å². The third-order valence-corrected chi connectivity index (χ3v) is 6.55. The second-order valence-corrected chi connectivity index (χ2v) is 8.41. The van der Waals surface area contributed by atoms with E-state index in [1.807, 2.05) is 0 Å². The first-order valence-corrected chi connectivity index (χ1v) is 10.3. The minimum atomic E-state index is -4.42. The number of carbonyl (C=O) groups excluding carboxylic acids is 1. The SMILES string of the molecule is CN(C(=O)N1CC2C(COCCN3CCCC3)C2C1)c1cccc(C(F)(F)F)c1. The van der Waals surface area contributed by atoms with E-state index in [0.717, 1.165) is 31.9 Å². The van der Waals surface area contributed by atoms with Gasteiger partial charge in [-0.1, -0.05) is 6.07 Å². The summed E-state index contributed by atoms with van der Waals surface area (Å²) in [4.78, 5) is 18.2. The molecule has 1 saturated carbocycles. The predicted molar refractivity (Wildman–Crippen MR) is 104 cm³/mol. The van der Waals surface area contributed by atoms with E-state index in [4.69, 9.17) is 4.74 Å². The van der Waals surface area contributed by atoms with Crippen LogP contribution >= 0.6 is 0 Å². The summed E-state index contributed by atoms with van der Waals surface area (Å²) in [6.45, 7) is 6.17. The zero-order valence-electron chi connectivity index (χ0n) is 16.7. The maximum absolute atomic E-state index is 12.9. The third-order valence-electron chi connectivity index (χ3n) is 6.55. The quantitative estimate of drug-likeness (QED) is 0.672. The molecule has 0 N–H and O–H groups in total. The van der Waals surface area contributed by atoms with Crippen molar-refractivity contribution >= 4 is 11.7 Å². The van der Waals surface area contributed by atoms with E-state index in [-0.39, 0.29) is 11.7 Å². The molecule has 1 aromatic carbocycles. The molecule has 4 rings (SSSR count). The second-order valence-electron chi connectivity index (χ2n) is 8.41. The van der Waals surface area contributed by atoms with Gasteiger partial charge in [0.15, 0.2) is 0 Å². The number of benzene rings is 1. The fourth-order valence-corrected chi connectivity index (χ4v) is 4.69. The Kier molecular flexibility index (Phi) is 5.75. The first-order chi connectivity index (χ1) is 13.8. The summed E-state index contributed by atoms with van der Waals surface area (Å²) in [6, 6.07) is 4.65. The van der Waals surface area contributed by atoms with Crippen molar-refractivity contribution in [3.63, 3.8) is 0 Å². The van der Waals surface area contributed by atoms with Gasteiger partial charge in [-0.2, -0.15) is 13.2 Å². The van der Waals surface area contributed by atoms with E-state index in [2.05, 4.69) is 4.90 Å². The van der Waals surface area contributed by atoms with E-state index in [0.29, 0.717) is 30.8 Å². The van der Waals surface area contributed by atoms with Gasteiger partial charge in [0.05, 0.1) is 18.8 Å². The van der Waals surface area contributed by atoms with Crippen LogP contribution in [0.25, 0.3) is 0 Å². The molecule has 2 amide bonds. The average molecular weight is 411 g/mol. The molecule has 3 fully saturated rings. The standard InChI is InChI=1S/C21H28F3N3O2/c1-25(16-6-4-5-15(11-16)21(22,23)24)20(28)27-12-17-18(13-27)19(17)14-29-10-9-26-7-2-3-8-26/h4-6,11,17-19H,2-3,7-10,12-14H2,1H3. The molecule has 5 nitrogen and oxygen atoms in total. The van der Waals surface area contributed by atoms with E-state index in [9.17, 15) is 18.0 Å². The number of amides is 2. The van der Waals surface area contributed by atoms with Gasteiger partial charge in [-0.15, -0.1) is 0 Å². The number of anilines is 1. The normalized spacial score (nSPS) is 26.6. The molecule has 0 radical (unpaired) electrons. The first-order valence-electron chi connectivity index (χ1n) is 10.3. The molecule has 2 unspecified atom stereocenters. The number of piperidine rings is 1. The number of hydrogen-bond acceptors (Lipinski definition) is 3. The molecule has 2 heterocycles. The molecule has 2 saturated heterocycles. The lowest BCUT2D eigenvalue weighted by Gasteiger charge is -2.27. The smallest absolute Gasteiger partial charge is 0.380 e. The van der Waals surface area contributed by atoms with Gasteiger partial charge in [0, 0.05) is 32.4 Å². The molecule has 8 heteroatoms. The lowest BCUT2D eigenvalue weighted by molar-refractivity contribution is -0.137. The summed E-state index contributed by atoms with van der Waals surface area (Å²) in [5.41, 5.74) is -0.489. The second kappa shape index (κ2) is 8.14. The molecule has 0 aromatic heterocycles. The molecule has 1 aromatic rings. The van der Waals surface area contributed by atoms with Crippen LogP contribution in [-0.4, -0.2) is 68.8 Å². The summed E-state index contributed by atoms with van der Waals surface area (Å²) in [5.74, 6) is 1.43. The van der Waals surface area contributed by atoms with Crippen molar-refractivity contribution in [2.45, 2.75) is 19.0 Å². The molecule has 29 heavy (non-hydrogen) atoms. The Morgan fingerprint density at radius 2 is 1.90 bits per heavy atom. The maximum atomic E-state index is 12.9. The van der Waals surface area contributed by atoms with Crippen LogP contribution in [0.15, 0.2) is 24.3 Å². The van der Waals surface area contributed by atoms with E-state index in [1.54, 1.807) is 4.90 Å². The lowest BCUT2D eigenvalue weighted by Crippen LogP contribution is -2.41. The number of alkyl halides is 3. The Hall–Kier alpha value is -1.80. The van der Waals surface area contributed by atoms with Crippen LogP contribution in [0.5, 0.6) is 0 Å². The summed E-state index contributed by atoms with van der Waals surface area (Å²) >= 11 is 0. The Morgan fingerprint density at radius 3 is 2.55 bits per heavy atom. The van der Waals surface area contributed by atoms with Gasteiger partial charge < -0.3 is 14.5 Å². The molecule has 0 bridgehead atoms. The molecular formula is C21H28F3N3O2. The number of fused-ring (bicyclic) bond motifs is 1. The van der Waals surface area contributed by atoms with E-state index < -0.39 is 11.7 Å². The van der Waals surface area contributed by atoms with Crippen LogP contribution in [0.4, 0.5) is 23.7 Å². The van der Waals surface area contributed by atoms with Gasteiger partial charge in [-0.25, -0.2) is 4.79 Å². The Balaban J connectivity index is 1.22. The fraction of sp³-hybridized carbons (Fsp3) is 0.667. The van der Waals surface area contributed by atoms with Crippen molar-refractivity contribution in [2.24, 2.45) is 17.8 Å². The minimum Gasteiger partial charge on any atom is -0.380 e. The van der Waals surface area contributed by atoms with Gasteiger partial charge in [0.2, 0.25) is 0 Å². The van der Waals surface area contributed by atoms with Gasteiger partial charge >= 0.3 is 12.2 Å². The molecule has 2 aliphatic heterocycles. The van der Waals surface area contributed by atoms with Crippen LogP contribution in [0.1, 0.15) is 18.4 Å². The zero-order chi connectivity index (χ0) is 20.6. The molecule has 0 spiro atoms. The minimum absolute atomic E-state index is 0.245. The van der Waals surface area contributed by atoms with Crippen molar-refractivity contribution in [1.82, 2.24) is 9.80 Å². The Bertz CT molecular complexity index is 724. The maximum Gasteiger partial charge on any atom is 0.416 e. The number of rotatable bonds is 6. The van der Waals surface area contributed by atoms with Gasteiger partial charge in [0.1, 0.15) is 0 Å². The number of likely N-dealkylation sites (tertiary alicyclic amines) is 2. The lowest BCUT2D eigenvalue weighted by atomic mass is 10.2. The predicted octanol–water partition coefficient (Wildman–Crippen LogP) is 3.55. The number of urea groups is 1. The summed E-state index contributed by atoms with van der Waals surface area (Å²) < 4.78 is 44.6. The van der Waals surface area contributed by atoms with Crippen molar-refractivity contribution in [2.75, 3.05) is 57.9 Å². The molecule has 1 aliphatic carbocycles. The number of carbonyl (C=O) groups is 1. The topological polar surface area (TPSA) is 36.0 Å². The summed E-state index contributed by atoms with van der Waals surface area (Å²) in [6.07, 6.45) is -1.85. The van der Waals surface area contributed by atoms with Crippen LogP contribution in [0.3, 0.4) is 0 Å². The van der Waals surface area contributed by atoms with Crippen LogP contribution in [-0.2, 0) is 10.9 Å². The number of nitrogens with zero attached hydrogens (tertiary/aromatic N) is 3. The van der Waals surface area contributed by atoms with Crippen LogP contribution in [0, 0.1) is 17.8 Å². The average Bonchev–Trinajstić information content (AvgIpc) is 3.11. The Labute approximate surface area is 169 Å². The van der Waals surface area contributed by atoms with E-state index >= 15 is 0 Å². The summed E-state index contributed by atoms with van der Waals surface area (Å²) in [7, 11) is 1.53. The fourth-order valence-electron chi connectivity index (χ4n) is 4.69. The summed E-state index contributed by atoms with van der Waals surface area (Å²) in [5, 5.41) is 0.